The van der Waals surface area contributed by atoms with Crippen LogP contribution in [0, 0.1) is 0 Å². The number of nitrogens with one attached hydrogen (secondary N) is 3. The van der Waals surface area contributed by atoms with E-state index in [4.69, 9.17) is 0 Å². The Morgan fingerprint density at radius 3 is 2.50 bits per heavy atom. The smallest absolute Gasteiger partial charge is 0.328 e. The molecule has 2 amide bonds. The second-order valence-corrected chi connectivity index (χ2v) is 6.20. The highest BCUT2D eigenvalue weighted by Crippen LogP contribution is 2.10. The summed E-state index contributed by atoms with van der Waals surface area (Å²) < 4.78 is 1.10. The Morgan fingerprint density at radius 2 is 1.79 bits per heavy atom. The number of aromatic nitrogens is 2. The van der Waals surface area contributed by atoms with E-state index in [1.165, 1.54) is 12.1 Å². The predicted octanol–water partition coefficient (Wildman–Crippen LogP) is 0.999. The molecule has 0 bridgehead atoms. The van der Waals surface area contributed by atoms with Crippen molar-refractivity contribution >= 4 is 22.7 Å². The van der Waals surface area contributed by atoms with Crippen molar-refractivity contribution in [3.63, 3.8) is 0 Å². The Hall–Kier alpha value is -3.68. The quantitative estimate of drug-likeness (QED) is 0.613. The summed E-state index contributed by atoms with van der Waals surface area (Å²) in [6, 6.07) is 11.5. The van der Waals surface area contributed by atoms with Crippen molar-refractivity contribution in [2.75, 3.05) is 7.05 Å². The van der Waals surface area contributed by atoms with Gasteiger partial charge in [0.25, 0.3) is 17.4 Å². The van der Waals surface area contributed by atoms with Crippen LogP contribution in [0.15, 0.2) is 52.1 Å². The molecule has 0 spiro atoms. The van der Waals surface area contributed by atoms with Gasteiger partial charge in [0, 0.05) is 31.3 Å². The fraction of sp³-hybridized carbons (Fsp3) is 0.200. The molecule has 1 aromatic heterocycles. The lowest BCUT2D eigenvalue weighted by molar-refractivity contribution is 0.0948. The van der Waals surface area contributed by atoms with E-state index in [9.17, 15) is 19.2 Å². The van der Waals surface area contributed by atoms with Crippen LogP contribution in [0.4, 0.5) is 0 Å². The number of nitrogens with zero attached hydrogens (tertiary/aromatic N) is 1. The molecular weight excluding hydrogens is 360 g/mol. The lowest BCUT2D eigenvalue weighted by Crippen LogP contribution is -2.34. The van der Waals surface area contributed by atoms with E-state index >= 15 is 0 Å². The zero-order valence-corrected chi connectivity index (χ0v) is 15.5. The lowest BCUT2D eigenvalue weighted by Gasteiger charge is -2.08. The van der Waals surface area contributed by atoms with Crippen LogP contribution in [0.3, 0.4) is 0 Å². The number of hydrogen-bond donors (Lipinski definition) is 3. The molecule has 0 fully saturated rings. The highest BCUT2D eigenvalue weighted by molar-refractivity contribution is 5.97. The van der Waals surface area contributed by atoms with Gasteiger partial charge in [-0.2, -0.15) is 0 Å². The first-order valence-electron chi connectivity index (χ1n) is 8.80. The van der Waals surface area contributed by atoms with Crippen LogP contribution < -0.4 is 21.9 Å². The van der Waals surface area contributed by atoms with Crippen molar-refractivity contribution in [1.82, 2.24) is 20.2 Å². The molecule has 0 saturated carbocycles. The Labute approximate surface area is 160 Å². The summed E-state index contributed by atoms with van der Waals surface area (Å²) in [7, 11) is 1.55. The Bertz CT molecular complexity index is 1180. The third-order valence-corrected chi connectivity index (χ3v) is 4.43. The molecule has 8 nitrogen and oxygen atoms in total. The minimum Gasteiger partial charge on any atom is -0.355 e. The molecule has 2 aromatic carbocycles. The van der Waals surface area contributed by atoms with Gasteiger partial charge >= 0.3 is 5.69 Å². The van der Waals surface area contributed by atoms with E-state index in [-0.39, 0.29) is 30.5 Å². The molecule has 3 rings (SSSR count). The fourth-order valence-electron chi connectivity index (χ4n) is 2.93. The first-order valence-corrected chi connectivity index (χ1v) is 8.80. The maximum absolute atomic E-state index is 12.5. The van der Waals surface area contributed by atoms with Crippen LogP contribution >= 0.6 is 0 Å². The summed E-state index contributed by atoms with van der Waals surface area (Å²) in [6.45, 7) is 2.21. The molecule has 0 atom stereocenters. The standard InChI is InChI=1S/C20H20N4O4/c1-3-24-19(27)15-8-7-14(10-16(15)23-20(24)28)18(26)22-11-12-5-4-6-13(9-12)17(25)21-2/h4-10H,3,11H2,1-2H3,(H,21,25)(H,22,26)(H,23,28). The summed E-state index contributed by atoms with van der Waals surface area (Å²) in [5.41, 5.74) is 1.01. The number of aromatic amines is 1. The van der Waals surface area contributed by atoms with Gasteiger partial charge in [-0.15, -0.1) is 0 Å². The van der Waals surface area contributed by atoms with Crippen LogP contribution in [-0.4, -0.2) is 28.4 Å². The number of H-pyrrole nitrogens is 1. The van der Waals surface area contributed by atoms with E-state index in [1.807, 2.05) is 0 Å². The van der Waals surface area contributed by atoms with Gasteiger partial charge in [-0.05, 0) is 42.8 Å². The first kappa shape index (κ1) is 19.1. The Morgan fingerprint density at radius 1 is 1.04 bits per heavy atom. The third kappa shape index (κ3) is 3.71. The molecule has 0 saturated heterocycles. The molecule has 0 aliphatic rings. The van der Waals surface area contributed by atoms with Crippen LogP contribution in [-0.2, 0) is 13.1 Å². The van der Waals surface area contributed by atoms with Gasteiger partial charge in [-0.1, -0.05) is 12.1 Å². The lowest BCUT2D eigenvalue weighted by atomic mass is 10.1. The number of carbonyl (C=O) groups is 2. The molecule has 3 aromatic rings. The maximum Gasteiger partial charge on any atom is 0.328 e. The van der Waals surface area contributed by atoms with E-state index in [0.29, 0.717) is 22.0 Å². The van der Waals surface area contributed by atoms with Gasteiger partial charge < -0.3 is 15.6 Å². The largest absolute Gasteiger partial charge is 0.355 e. The molecule has 0 aliphatic carbocycles. The molecule has 144 valence electrons. The molecule has 8 heteroatoms. The van der Waals surface area contributed by atoms with Crippen LogP contribution in [0.5, 0.6) is 0 Å². The van der Waals surface area contributed by atoms with E-state index in [1.54, 1.807) is 44.3 Å². The van der Waals surface area contributed by atoms with Gasteiger partial charge in [-0.3, -0.25) is 19.0 Å². The van der Waals surface area contributed by atoms with Crippen molar-refractivity contribution in [2.45, 2.75) is 20.0 Å². The molecule has 28 heavy (non-hydrogen) atoms. The zero-order chi connectivity index (χ0) is 20.3. The van der Waals surface area contributed by atoms with E-state index < -0.39 is 5.69 Å². The highest BCUT2D eigenvalue weighted by atomic mass is 16.2. The SMILES string of the molecule is CCn1c(=O)[nH]c2cc(C(=O)NCc3cccc(C(=O)NC)c3)ccc2c1=O. The number of hydrogen-bond acceptors (Lipinski definition) is 4. The van der Waals surface area contributed by atoms with E-state index in [2.05, 4.69) is 15.6 Å². The number of amides is 2. The van der Waals surface area contributed by atoms with Crippen molar-refractivity contribution in [1.29, 1.82) is 0 Å². The van der Waals surface area contributed by atoms with Crippen molar-refractivity contribution in [3.05, 3.63) is 80.0 Å². The number of rotatable bonds is 5. The number of carbonyl (C=O) groups excluding carboxylic acids is 2. The van der Waals surface area contributed by atoms with Crippen LogP contribution in [0.2, 0.25) is 0 Å². The number of fused-ring (bicyclic) bond motifs is 1. The summed E-state index contributed by atoms with van der Waals surface area (Å²) in [6.07, 6.45) is 0. The zero-order valence-electron chi connectivity index (χ0n) is 15.5. The second-order valence-electron chi connectivity index (χ2n) is 6.20. The second kappa shape index (κ2) is 7.91. The normalized spacial score (nSPS) is 10.6. The maximum atomic E-state index is 12.5. The average molecular weight is 380 g/mol. The molecular formula is C20H20N4O4. The average Bonchev–Trinajstić information content (AvgIpc) is 2.71. The summed E-state index contributed by atoms with van der Waals surface area (Å²) in [5.74, 6) is -0.558. The first-order chi connectivity index (χ1) is 13.4. The third-order valence-electron chi connectivity index (χ3n) is 4.43. The fourth-order valence-corrected chi connectivity index (χ4v) is 2.93. The highest BCUT2D eigenvalue weighted by Gasteiger charge is 2.11. The van der Waals surface area contributed by atoms with Gasteiger partial charge in [0.05, 0.1) is 10.9 Å². The topological polar surface area (TPSA) is 113 Å². The minimum atomic E-state index is -0.511. The molecule has 0 aliphatic heterocycles. The van der Waals surface area contributed by atoms with Crippen molar-refractivity contribution in [3.8, 4) is 0 Å². The minimum absolute atomic E-state index is 0.204. The predicted molar refractivity (Wildman–Crippen MR) is 106 cm³/mol. The molecule has 1 heterocycles. The number of benzene rings is 2. The molecule has 0 radical (unpaired) electrons. The van der Waals surface area contributed by atoms with Crippen molar-refractivity contribution in [2.24, 2.45) is 0 Å². The molecule has 3 N–H and O–H groups in total. The van der Waals surface area contributed by atoms with Gasteiger partial charge in [0.2, 0.25) is 0 Å². The summed E-state index contributed by atoms with van der Waals surface area (Å²) >= 11 is 0. The van der Waals surface area contributed by atoms with Gasteiger partial charge in [0.15, 0.2) is 0 Å². The summed E-state index contributed by atoms with van der Waals surface area (Å²) in [4.78, 5) is 51.0. The van der Waals surface area contributed by atoms with Crippen LogP contribution in [0.25, 0.3) is 10.9 Å². The van der Waals surface area contributed by atoms with Crippen molar-refractivity contribution < 1.29 is 9.59 Å². The molecule has 0 unspecified atom stereocenters. The Kier molecular flexibility index (Phi) is 5.39. The Balaban J connectivity index is 1.81. The monoisotopic (exact) mass is 380 g/mol. The van der Waals surface area contributed by atoms with E-state index in [0.717, 1.165) is 10.1 Å². The van der Waals surface area contributed by atoms with Gasteiger partial charge in [-0.25, -0.2) is 4.79 Å². The summed E-state index contributed by atoms with van der Waals surface area (Å²) in [5, 5.41) is 5.66. The van der Waals surface area contributed by atoms with Gasteiger partial charge in [0.1, 0.15) is 0 Å². The van der Waals surface area contributed by atoms with Crippen LogP contribution in [0.1, 0.15) is 33.2 Å².